The predicted octanol–water partition coefficient (Wildman–Crippen LogP) is 3.07. The van der Waals surface area contributed by atoms with Crippen molar-refractivity contribution in [1.29, 1.82) is 0 Å². The maximum absolute atomic E-state index is 9.61. The van der Waals surface area contributed by atoms with E-state index in [4.69, 9.17) is 10.5 Å². The van der Waals surface area contributed by atoms with Gasteiger partial charge in [0.15, 0.2) is 0 Å². The summed E-state index contributed by atoms with van der Waals surface area (Å²) in [6.45, 7) is 0. The van der Waals surface area contributed by atoms with Crippen LogP contribution < -0.4 is 10.5 Å². The zero-order valence-electron chi connectivity index (χ0n) is 9.93. The minimum absolute atomic E-state index is 0.560. The fourth-order valence-electron chi connectivity index (χ4n) is 1.85. The summed E-state index contributed by atoms with van der Waals surface area (Å²) >= 11 is 3.43. The molecule has 0 saturated carbocycles. The molecule has 94 valence electrons. The molecule has 0 spiro atoms. The lowest BCUT2D eigenvalue weighted by Crippen LogP contribution is -2.10. The second-order valence-corrected chi connectivity index (χ2v) is 4.75. The summed E-state index contributed by atoms with van der Waals surface area (Å²) in [6, 6.07) is 13.7. The van der Waals surface area contributed by atoms with Gasteiger partial charge < -0.3 is 15.6 Å². The first-order valence-corrected chi connectivity index (χ1v) is 6.29. The molecule has 1 atom stereocenters. The fourth-order valence-corrected chi connectivity index (χ4v) is 2.48. The molecule has 0 heterocycles. The number of hydrogen-bond acceptors (Lipinski definition) is 3. The molecule has 0 radical (unpaired) electrons. The maximum Gasteiger partial charge on any atom is 0.140 e. The summed E-state index contributed by atoms with van der Waals surface area (Å²) in [4.78, 5) is 0. The van der Waals surface area contributed by atoms with Crippen molar-refractivity contribution in [2.45, 2.75) is 6.23 Å². The van der Waals surface area contributed by atoms with Crippen molar-refractivity contribution in [3.8, 4) is 16.9 Å². The fraction of sp³-hybridized carbons (Fsp3) is 0.143. The van der Waals surface area contributed by atoms with Gasteiger partial charge in [-0.15, -0.1) is 0 Å². The normalized spacial score (nSPS) is 12.2. The Morgan fingerprint density at radius 3 is 2.39 bits per heavy atom. The SMILES string of the molecule is COc1c(Br)cc(-c2ccccc2)cc1C(N)O. The van der Waals surface area contributed by atoms with Gasteiger partial charge in [0.25, 0.3) is 0 Å². The van der Waals surface area contributed by atoms with Crippen LogP contribution in [-0.2, 0) is 0 Å². The molecule has 0 amide bonds. The van der Waals surface area contributed by atoms with Gasteiger partial charge in [-0.3, -0.25) is 0 Å². The molecule has 0 saturated heterocycles. The highest BCUT2D eigenvalue weighted by molar-refractivity contribution is 9.10. The summed E-state index contributed by atoms with van der Waals surface area (Å²) in [5, 5.41) is 9.61. The third-order valence-corrected chi connectivity index (χ3v) is 3.29. The molecule has 0 bridgehead atoms. The molecule has 2 aromatic carbocycles. The largest absolute Gasteiger partial charge is 0.495 e. The molecule has 0 aromatic heterocycles. The van der Waals surface area contributed by atoms with E-state index in [-0.39, 0.29) is 0 Å². The number of halogens is 1. The second-order valence-electron chi connectivity index (χ2n) is 3.89. The standard InChI is InChI=1S/C14H14BrNO2/c1-18-13-11(14(16)17)7-10(8-12(13)15)9-5-3-2-4-6-9/h2-8,14,17H,16H2,1H3. The van der Waals surface area contributed by atoms with E-state index in [1.54, 1.807) is 7.11 Å². The van der Waals surface area contributed by atoms with Crippen LogP contribution in [0.25, 0.3) is 11.1 Å². The van der Waals surface area contributed by atoms with Crippen LogP contribution in [-0.4, -0.2) is 12.2 Å². The first-order valence-electron chi connectivity index (χ1n) is 5.50. The smallest absolute Gasteiger partial charge is 0.140 e. The zero-order chi connectivity index (χ0) is 13.1. The summed E-state index contributed by atoms with van der Waals surface area (Å²) in [5.74, 6) is 0.560. The van der Waals surface area contributed by atoms with Crippen molar-refractivity contribution in [3.05, 3.63) is 52.5 Å². The number of aliphatic hydroxyl groups is 1. The van der Waals surface area contributed by atoms with Gasteiger partial charge >= 0.3 is 0 Å². The van der Waals surface area contributed by atoms with Crippen LogP contribution in [0.4, 0.5) is 0 Å². The average molecular weight is 308 g/mol. The number of ether oxygens (including phenoxy) is 1. The lowest BCUT2D eigenvalue weighted by molar-refractivity contribution is 0.181. The quantitative estimate of drug-likeness (QED) is 0.857. The highest BCUT2D eigenvalue weighted by Crippen LogP contribution is 2.36. The Hall–Kier alpha value is -1.36. The predicted molar refractivity (Wildman–Crippen MR) is 75.3 cm³/mol. The minimum atomic E-state index is -1.07. The van der Waals surface area contributed by atoms with Crippen LogP contribution in [0.15, 0.2) is 46.9 Å². The molecular weight excluding hydrogens is 294 g/mol. The lowest BCUT2D eigenvalue weighted by atomic mass is 10.0. The van der Waals surface area contributed by atoms with Gasteiger partial charge in [-0.25, -0.2) is 0 Å². The van der Waals surface area contributed by atoms with E-state index in [9.17, 15) is 5.11 Å². The third-order valence-electron chi connectivity index (χ3n) is 2.70. The van der Waals surface area contributed by atoms with Crippen LogP contribution >= 0.6 is 15.9 Å². The van der Waals surface area contributed by atoms with Crippen molar-refractivity contribution in [2.75, 3.05) is 7.11 Å². The first-order chi connectivity index (χ1) is 8.63. The van der Waals surface area contributed by atoms with E-state index in [1.807, 2.05) is 42.5 Å². The highest BCUT2D eigenvalue weighted by Gasteiger charge is 2.14. The average Bonchev–Trinajstić information content (AvgIpc) is 2.38. The summed E-state index contributed by atoms with van der Waals surface area (Å²) in [5.41, 5.74) is 8.15. The molecule has 0 fully saturated rings. The molecular formula is C14H14BrNO2. The van der Waals surface area contributed by atoms with Gasteiger partial charge in [-0.2, -0.15) is 0 Å². The van der Waals surface area contributed by atoms with Gasteiger partial charge in [0.1, 0.15) is 12.0 Å². The van der Waals surface area contributed by atoms with Crippen molar-refractivity contribution in [1.82, 2.24) is 0 Å². The van der Waals surface area contributed by atoms with E-state index in [2.05, 4.69) is 15.9 Å². The van der Waals surface area contributed by atoms with Crippen LogP contribution in [0, 0.1) is 0 Å². The zero-order valence-corrected chi connectivity index (χ0v) is 11.5. The van der Waals surface area contributed by atoms with Crippen molar-refractivity contribution in [3.63, 3.8) is 0 Å². The molecule has 3 N–H and O–H groups in total. The molecule has 2 aromatic rings. The second kappa shape index (κ2) is 5.52. The molecule has 1 unspecified atom stereocenters. The highest BCUT2D eigenvalue weighted by atomic mass is 79.9. The van der Waals surface area contributed by atoms with Gasteiger partial charge in [-0.1, -0.05) is 30.3 Å². The molecule has 18 heavy (non-hydrogen) atoms. The molecule has 0 aliphatic rings. The van der Waals surface area contributed by atoms with Crippen LogP contribution in [0.1, 0.15) is 11.8 Å². The Bertz CT molecular complexity index is 541. The number of methoxy groups -OCH3 is 1. The number of aliphatic hydroxyl groups excluding tert-OH is 1. The van der Waals surface area contributed by atoms with E-state index >= 15 is 0 Å². The van der Waals surface area contributed by atoms with E-state index in [1.165, 1.54) is 0 Å². The Labute approximate surface area is 114 Å². The van der Waals surface area contributed by atoms with Gasteiger partial charge in [0, 0.05) is 5.56 Å². The van der Waals surface area contributed by atoms with E-state index < -0.39 is 6.23 Å². The van der Waals surface area contributed by atoms with Crippen LogP contribution in [0.5, 0.6) is 5.75 Å². The molecule has 0 aliphatic heterocycles. The molecule has 2 rings (SSSR count). The summed E-state index contributed by atoms with van der Waals surface area (Å²) in [6.07, 6.45) is -1.07. The Morgan fingerprint density at radius 1 is 1.17 bits per heavy atom. The van der Waals surface area contributed by atoms with E-state index in [0.29, 0.717) is 11.3 Å². The Balaban J connectivity index is 2.58. The van der Waals surface area contributed by atoms with Crippen LogP contribution in [0.3, 0.4) is 0 Å². The third kappa shape index (κ3) is 2.56. The van der Waals surface area contributed by atoms with Crippen molar-refractivity contribution in [2.24, 2.45) is 5.73 Å². The van der Waals surface area contributed by atoms with E-state index in [0.717, 1.165) is 15.6 Å². The van der Waals surface area contributed by atoms with Crippen molar-refractivity contribution < 1.29 is 9.84 Å². The molecule has 4 heteroatoms. The number of rotatable bonds is 3. The first kappa shape index (κ1) is 13.1. The number of nitrogens with two attached hydrogens (primary N) is 1. The monoisotopic (exact) mass is 307 g/mol. The number of benzene rings is 2. The summed E-state index contributed by atoms with van der Waals surface area (Å²) < 4.78 is 6.01. The summed E-state index contributed by atoms with van der Waals surface area (Å²) in [7, 11) is 1.55. The van der Waals surface area contributed by atoms with Gasteiger partial charge in [0.2, 0.25) is 0 Å². The maximum atomic E-state index is 9.61. The number of hydrogen-bond donors (Lipinski definition) is 2. The molecule has 3 nitrogen and oxygen atoms in total. The van der Waals surface area contributed by atoms with Crippen LogP contribution in [0.2, 0.25) is 0 Å². The molecule has 0 aliphatic carbocycles. The van der Waals surface area contributed by atoms with Gasteiger partial charge in [0.05, 0.1) is 11.6 Å². The minimum Gasteiger partial charge on any atom is -0.495 e. The van der Waals surface area contributed by atoms with Crippen molar-refractivity contribution >= 4 is 15.9 Å². The topological polar surface area (TPSA) is 55.5 Å². The van der Waals surface area contributed by atoms with Gasteiger partial charge in [-0.05, 0) is 39.2 Å². The Kier molecular flexibility index (Phi) is 4.01. The Morgan fingerprint density at radius 2 is 1.83 bits per heavy atom. The lowest BCUT2D eigenvalue weighted by Gasteiger charge is -2.15.